The van der Waals surface area contributed by atoms with E-state index < -0.39 is 10.0 Å². The van der Waals surface area contributed by atoms with Crippen LogP contribution in [0, 0.1) is 0 Å². The van der Waals surface area contributed by atoms with Crippen LogP contribution < -0.4 is 10.1 Å². The zero-order valence-electron chi connectivity index (χ0n) is 22.6. The van der Waals surface area contributed by atoms with Crippen LogP contribution in [0.25, 0.3) is 0 Å². The Bertz CT molecular complexity index is 1380. The Morgan fingerprint density at radius 2 is 1.76 bits per heavy atom. The number of anilines is 2. The van der Waals surface area contributed by atoms with Crippen molar-refractivity contribution in [2.75, 3.05) is 19.0 Å². The van der Waals surface area contributed by atoms with Gasteiger partial charge < -0.3 is 15.2 Å². The van der Waals surface area contributed by atoms with E-state index in [2.05, 4.69) is 32.2 Å². The Kier molecular flexibility index (Phi) is 7.28. The molecule has 8 nitrogen and oxygen atoms in total. The number of benzene rings is 2. The number of fused-ring (bicyclic) bond motifs is 1. The van der Waals surface area contributed by atoms with E-state index in [1.165, 1.54) is 0 Å². The van der Waals surface area contributed by atoms with Crippen LogP contribution in [0.3, 0.4) is 0 Å². The molecule has 5 rings (SSSR count). The molecule has 1 fully saturated rings. The Balaban J connectivity index is 1.37. The maximum absolute atomic E-state index is 13.4. The van der Waals surface area contributed by atoms with E-state index in [1.807, 2.05) is 41.1 Å². The molecule has 1 aromatic heterocycles. The monoisotopic (exact) mass is 538 g/mol. The summed E-state index contributed by atoms with van der Waals surface area (Å²) in [5.41, 5.74) is 3.41. The molecule has 0 bridgehead atoms. The first-order chi connectivity index (χ1) is 18.0. The number of rotatable bonds is 6. The van der Waals surface area contributed by atoms with E-state index in [0.29, 0.717) is 30.3 Å². The quantitative estimate of drug-likeness (QED) is 0.450. The van der Waals surface area contributed by atoms with Crippen molar-refractivity contribution in [3.8, 4) is 5.75 Å². The highest BCUT2D eigenvalue weighted by atomic mass is 32.2. The Labute approximate surface area is 225 Å². The molecule has 0 saturated heterocycles. The molecule has 1 aliphatic heterocycles. The lowest BCUT2D eigenvalue weighted by atomic mass is 9.85. The van der Waals surface area contributed by atoms with Gasteiger partial charge in [0.25, 0.3) is 0 Å². The molecule has 9 heteroatoms. The third-order valence-corrected chi connectivity index (χ3v) is 9.52. The topological polar surface area (TPSA) is 96.7 Å². The highest BCUT2D eigenvalue weighted by Gasteiger charge is 2.32. The van der Waals surface area contributed by atoms with E-state index in [-0.39, 0.29) is 11.6 Å². The fraction of sp³-hybridized carbons (Fsp3) is 0.483. The van der Waals surface area contributed by atoms with Crippen molar-refractivity contribution < 1.29 is 18.3 Å². The fourth-order valence-electron chi connectivity index (χ4n) is 5.43. The van der Waals surface area contributed by atoms with Gasteiger partial charge >= 0.3 is 0 Å². The van der Waals surface area contributed by atoms with Crippen LogP contribution in [0.5, 0.6) is 5.75 Å². The smallest absolute Gasteiger partial charge is 0.243 e. The number of aliphatic hydroxyl groups excluding tert-OH is 1. The van der Waals surface area contributed by atoms with Gasteiger partial charge in [-0.2, -0.15) is 9.40 Å². The van der Waals surface area contributed by atoms with Crippen molar-refractivity contribution in [1.82, 2.24) is 14.1 Å². The van der Waals surface area contributed by atoms with Crippen LogP contribution in [0.15, 0.2) is 53.4 Å². The third-order valence-electron chi connectivity index (χ3n) is 7.58. The maximum Gasteiger partial charge on any atom is 0.243 e. The van der Waals surface area contributed by atoms with Gasteiger partial charge in [-0.15, -0.1) is 0 Å². The summed E-state index contributed by atoms with van der Waals surface area (Å²) in [5, 5.41) is 18.4. The summed E-state index contributed by atoms with van der Waals surface area (Å²) in [6, 6.07) is 15.1. The summed E-state index contributed by atoms with van der Waals surface area (Å²) in [6.07, 6.45) is 3.94. The van der Waals surface area contributed by atoms with Crippen molar-refractivity contribution in [2.45, 2.75) is 81.9 Å². The highest BCUT2D eigenvalue weighted by Crippen LogP contribution is 2.36. The molecule has 3 aromatic rings. The predicted octanol–water partition coefficient (Wildman–Crippen LogP) is 5.16. The number of sulfonamides is 1. The normalized spacial score (nSPS) is 21.6. The van der Waals surface area contributed by atoms with Gasteiger partial charge in [-0.05, 0) is 94.3 Å². The zero-order valence-corrected chi connectivity index (χ0v) is 23.5. The van der Waals surface area contributed by atoms with Crippen LogP contribution in [0.2, 0.25) is 0 Å². The molecule has 38 heavy (non-hydrogen) atoms. The largest absolute Gasteiger partial charge is 0.497 e. The highest BCUT2D eigenvalue weighted by molar-refractivity contribution is 7.89. The number of ether oxygens (including phenoxy) is 1. The molecular formula is C29H38N4O4S. The van der Waals surface area contributed by atoms with E-state index >= 15 is 0 Å². The third kappa shape index (κ3) is 5.46. The van der Waals surface area contributed by atoms with Gasteiger partial charge in [0.15, 0.2) is 0 Å². The summed E-state index contributed by atoms with van der Waals surface area (Å²) in [6.45, 7) is 7.13. The van der Waals surface area contributed by atoms with Crippen molar-refractivity contribution >= 4 is 21.5 Å². The lowest BCUT2D eigenvalue weighted by Crippen LogP contribution is -2.36. The molecule has 0 unspecified atom stereocenters. The molecule has 204 valence electrons. The minimum absolute atomic E-state index is 0.201. The molecule has 0 atom stereocenters. The molecular weight excluding hydrogens is 500 g/mol. The van der Waals surface area contributed by atoms with E-state index in [9.17, 15) is 13.5 Å². The number of aromatic nitrogens is 2. The van der Waals surface area contributed by atoms with Gasteiger partial charge in [0.1, 0.15) is 11.6 Å². The van der Waals surface area contributed by atoms with Gasteiger partial charge in [0.05, 0.1) is 29.3 Å². The van der Waals surface area contributed by atoms with Gasteiger partial charge in [0, 0.05) is 30.8 Å². The number of nitrogens with zero attached hydrogens (tertiary/aromatic N) is 3. The van der Waals surface area contributed by atoms with Gasteiger partial charge in [-0.25, -0.2) is 13.1 Å². The van der Waals surface area contributed by atoms with E-state index in [4.69, 9.17) is 9.84 Å². The van der Waals surface area contributed by atoms with Crippen LogP contribution in [-0.4, -0.2) is 47.4 Å². The number of hydrogen-bond acceptors (Lipinski definition) is 6. The maximum atomic E-state index is 13.4. The molecule has 2 N–H and O–H groups in total. The van der Waals surface area contributed by atoms with Gasteiger partial charge in [-0.3, -0.25) is 0 Å². The molecule has 0 spiro atoms. The first kappa shape index (κ1) is 26.7. The lowest BCUT2D eigenvalue weighted by Gasteiger charge is -2.29. The molecule has 0 amide bonds. The summed E-state index contributed by atoms with van der Waals surface area (Å²) in [7, 11) is -1.98. The molecule has 1 aliphatic carbocycles. The predicted molar refractivity (Wildman–Crippen MR) is 148 cm³/mol. The number of methoxy groups -OCH3 is 1. The Morgan fingerprint density at radius 1 is 1.05 bits per heavy atom. The minimum Gasteiger partial charge on any atom is -0.497 e. The summed E-state index contributed by atoms with van der Waals surface area (Å²) < 4.78 is 35.6. The standard InChI is InChI=1S/C29H38N4O4S/c1-29(2,3)33-28(18-26(31-33)21-7-10-24(34)11-8-21)30-23-9-14-27-22(17-23)15-16-32(38(27,35)36)19-20-5-12-25(37-4)13-6-20/h5-6,9,12-14,17-18,21,24,30,34H,7-8,10-11,15-16,19H2,1-4H3. The second kappa shape index (κ2) is 10.4. The van der Waals surface area contributed by atoms with E-state index in [0.717, 1.165) is 59.8 Å². The first-order valence-corrected chi connectivity index (χ1v) is 14.8. The van der Waals surface area contributed by atoms with Crippen LogP contribution in [0.4, 0.5) is 11.5 Å². The van der Waals surface area contributed by atoms with Gasteiger partial charge in [0.2, 0.25) is 10.0 Å². The molecule has 0 radical (unpaired) electrons. The average Bonchev–Trinajstić information content (AvgIpc) is 3.31. The van der Waals surface area contributed by atoms with Crippen molar-refractivity contribution in [3.05, 3.63) is 65.4 Å². The summed E-state index contributed by atoms with van der Waals surface area (Å²) >= 11 is 0. The fourth-order valence-corrected chi connectivity index (χ4v) is 7.09. The molecule has 2 heterocycles. The second-order valence-corrected chi connectivity index (χ2v) is 13.3. The second-order valence-electron chi connectivity index (χ2n) is 11.4. The Hall–Kier alpha value is -2.88. The zero-order chi connectivity index (χ0) is 27.1. The molecule has 2 aliphatic rings. The van der Waals surface area contributed by atoms with Crippen molar-refractivity contribution in [1.29, 1.82) is 0 Å². The summed E-state index contributed by atoms with van der Waals surface area (Å²) in [5.74, 6) is 1.98. The molecule has 1 saturated carbocycles. The summed E-state index contributed by atoms with van der Waals surface area (Å²) in [4.78, 5) is 0.369. The minimum atomic E-state index is -3.60. The average molecular weight is 539 g/mol. The lowest BCUT2D eigenvalue weighted by molar-refractivity contribution is 0.121. The van der Waals surface area contributed by atoms with Crippen molar-refractivity contribution in [3.63, 3.8) is 0 Å². The molecule has 2 aromatic carbocycles. The Morgan fingerprint density at radius 3 is 2.42 bits per heavy atom. The van der Waals surface area contributed by atoms with Gasteiger partial charge in [-0.1, -0.05) is 12.1 Å². The van der Waals surface area contributed by atoms with Crippen LogP contribution in [-0.2, 0) is 28.5 Å². The number of hydrogen-bond donors (Lipinski definition) is 2. The number of aliphatic hydroxyl groups is 1. The number of nitrogens with one attached hydrogen (secondary N) is 1. The van der Waals surface area contributed by atoms with E-state index in [1.54, 1.807) is 17.5 Å². The van der Waals surface area contributed by atoms with Crippen LogP contribution >= 0.6 is 0 Å². The SMILES string of the molecule is COc1ccc(CN2CCc3cc(Nc4cc(C5CCC(O)CC5)nn4C(C)(C)C)ccc3S2(=O)=O)cc1. The van der Waals surface area contributed by atoms with Crippen molar-refractivity contribution in [2.24, 2.45) is 0 Å². The van der Waals surface area contributed by atoms with Crippen LogP contribution in [0.1, 0.15) is 69.2 Å². The first-order valence-electron chi connectivity index (χ1n) is 13.4.